The molecule has 4 nitrogen and oxygen atoms in total. The lowest BCUT2D eigenvalue weighted by atomic mass is 9.75. The van der Waals surface area contributed by atoms with Crippen molar-refractivity contribution in [2.45, 2.75) is 70.0 Å². The van der Waals surface area contributed by atoms with E-state index >= 15 is 0 Å². The van der Waals surface area contributed by atoms with Crippen LogP contribution in [0.15, 0.2) is 0 Å². The summed E-state index contributed by atoms with van der Waals surface area (Å²) in [6.07, 6.45) is 10.1. The largest absolute Gasteiger partial charge is 0.481 e. The third-order valence-corrected chi connectivity index (χ3v) is 4.64. The fraction of sp³-hybridized carbons (Fsp3) is 0.867. The van der Waals surface area contributed by atoms with E-state index in [9.17, 15) is 9.59 Å². The molecule has 4 heteroatoms. The van der Waals surface area contributed by atoms with Gasteiger partial charge in [-0.15, -0.1) is 0 Å². The Bertz CT molecular complexity index is 315. The van der Waals surface area contributed by atoms with E-state index in [0.717, 1.165) is 51.2 Å². The summed E-state index contributed by atoms with van der Waals surface area (Å²) >= 11 is 0. The number of fused-ring (bicyclic) bond motifs is 2. The zero-order valence-corrected chi connectivity index (χ0v) is 11.4. The number of hydrogen-bond acceptors (Lipinski definition) is 3. The molecule has 2 fully saturated rings. The summed E-state index contributed by atoms with van der Waals surface area (Å²) in [6.45, 7) is 0. The highest BCUT2D eigenvalue weighted by Crippen LogP contribution is 2.46. The molecule has 19 heavy (non-hydrogen) atoms. The molecule has 0 radical (unpaired) electrons. The van der Waals surface area contributed by atoms with E-state index in [0.29, 0.717) is 30.5 Å². The predicted octanol–water partition coefficient (Wildman–Crippen LogP) is 2.79. The molecular formula is C15H24O4. The molecule has 0 aromatic rings. The van der Waals surface area contributed by atoms with E-state index in [1.165, 1.54) is 0 Å². The second-order valence-electron chi connectivity index (χ2n) is 5.87. The van der Waals surface area contributed by atoms with Gasteiger partial charge in [-0.2, -0.15) is 0 Å². The highest BCUT2D eigenvalue weighted by atomic mass is 16.5. The van der Waals surface area contributed by atoms with Gasteiger partial charge in [0.1, 0.15) is 6.29 Å². The van der Waals surface area contributed by atoms with Gasteiger partial charge in [-0.25, -0.2) is 0 Å². The Morgan fingerprint density at radius 1 is 1.11 bits per heavy atom. The zero-order valence-electron chi connectivity index (χ0n) is 11.4. The summed E-state index contributed by atoms with van der Waals surface area (Å²) < 4.78 is 5.92. The Hall–Kier alpha value is -0.900. The van der Waals surface area contributed by atoms with Gasteiger partial charge >= 0.3 is 5.97 Å². The van der Waals surface area contributed by atoms with Crippen LogP contribution in [0.5, 0.6) is 0 Å². The van der Waals surface area contributed by atoms with Crippen LogP contribution in [0, 0.1) is 11.8 Å². The van der Waals surface area contributed by atoms with Gasteiger partial charge in [-0.1, -0.05) is 19.3 Å². The van der Waals surface area contributed by atoms with E-state index in [1.807, 2.05) is 0 Å². The van der Waals surface area contributed by atoms with Gasteiger partial charge in [-0.05, 0) is 37.5 Å². The van der Waals surface area contributed by atoms with E-state index in [1.54, 1.807) is 0 Å². The number of aldehydes is 1. The summed E-state index contributed by atoms with van der Waals surface area (Å²) in [5.41, 5.74) is 0. The summed E-state index contributed by atoms with van der Waals surface area (Å²) in [6, 6.07) is 0. The Morgan fingerprint density at radius 3 is 2.47 bits per heavy atom. The van der Waals surface area contributed by atoms with Crippen LogP contribution in [0.2, 0.25) is 0 Å². The predicted molar refractivity (Wildman–Crippen MR) is 70.9 cm³/mol. The number of carboxylic acid groups (broad SMARTS) is 1. The highest BCUT2D eigenvalue weighted by molar-refractivity contribution is 5.66. The first-order chi connectivity index (χ1) is 9.22. The van der Waals surface area contributed by atoms with Gasteiger partial charge in [0.25, 0.3) is 0 Å². The summed E-state index contributed by atoms with van der Waals surface area (Å²) in [4.78, 5) is 21.1. The maximum atomic E-state index is 10.8. The minimum Gasteiger partial charge on any atom is -0.481 e. The molecule has 108 valence electrons. The van der Waals surface area contributed by atoms with Crippen molar-refractivity contribution in [1.82, 2.24) is 0 Å². The lowest BCUT2D eigenvalue weighted by Crippen LogP contribution is -2.27. The van der Waals surface area contributed by atoms with Gasteiger partial charge < -0.3 is 14.6 Å². The molecule has 0 spiro atoms. The molecule has 0 amide bonds. The van der Waals surface area contributed by atoms with Crippen LogP contribution >= 0.6 is 0 Å². The highest BCUT2D eigenvalue weighted by Gasteiger charge is 2.47. The first kappa shape index (κ1) is 14.5. The maximum Gasteiger partial charge on any atom is 0.303 e. The lowest BCUT2D eigenvalue weighted by Gasteiger charge is -2.26. The first-order valence-corrected chi connectivity index (χ1v) is 7.53. The quantitative estimate of drug-likeness (QED) is 0.516. The molecule has 4 atom stereocenters. The third kappa shape index (κ3) is 3.78. The van der Waals surface area contributed by atoms with E-state index in [2.05, 4.69) is 0 Å². The second kappa shape index (κ2) is 7.04. The molecule has 0 saturated carbocycles. The number of carbonyl (C=O) groups excluding carboxylic acids is 1. The number of carbonyl (C=O) groups is 2. The number of carboxylic acids is 1. The molecule has 2 aliphatic heterocycles. The number of rotatable bonds is 9. The monoisotopic (exact) mass is 268 g/mol. The maximum absolute atomic E-state index is 10.8. The van der Waals surface area contributed by atoms with Crippen molar-refractivity contribution in [1.29, 1.82) is 0 Å². The van der Waals surface area contributed by atoms with E-state index < -0.39 is 5.97 Å². The number of hydrogen-bond donors (Lipinski definition) is 1. The Kier molecular flexibility index (Phi) is 5.37. The van der Waals surface area contributed by atoms with Gasteiger partial charge in [0.05, 0.1) is 12.2 Å². The zero-order chi connectivity index (χ0) is 13.7. The van der Waals surface area contributed by atoms with E-state index in [4.69, 9.17) is 9.84 Å². The van der Waals surface area contributed by atoms with Crippen molar-refractivity contribution < 1.29 is 19.4 Å². The molecule has 2 rings (SSSR count). The summed E-state index contributed by atoms with van der Waals surface area (Å²) in [7, 11) is 0. The molecule has 0 unspecified atom stereocenters. The SMILES string of the molecule is O=CC[C@H]1[C@H](CCCCCCC(=O)O)[C@H]2CC[C@@H]1O2. The average Bonchev–Trinajstić information content (AvgIpc) is 2.95. The lowest BCUT2D eigenvalue weighted by molar-refractivity contribution is -0.137. The van der Waals surface area contributed by atoms with Crippen LogP contribution in [0.25, 0.3) is 0 Å². The Balaban J connectivity index is 1.64. The minimum atomic E-state index is -0.701. The summed E-state index contributed by atoms with van der Waals surface area (Å²) in [5.74, 6) is 0.297. The molecule has 1 N–H and O–H groups in total. The van der Waals surface area contributed by atoms with Crippen LogP contribution in [-0.2, 0) is 14.3 Å². The topological polar surface area (TPSA) is 63.6 Å². The summed E-state index contributed by atoms with van der Waals surface area (Å²) in [5, 5.41) is 8.56. The fourth-order valence-electron chi connectivity index (χ4n) is 3.72. The van der Waals surface area contributed by atoms with Crippen LogP contribution in [-0.4, -0.2) is 29.6 Å². The minimum absolute atomic E-state index is 0.283. The molecule has 0 aromatic carbocycles. The van der Waals surface area contributed by atoms with Gasteiger partial charge in [-0.3, -0.25) is 4.79 Å². The van der Waals surface area contributed by atoms with Crippen molar-refractivity contribution in [3.05, 3.63) is 0 Å². The number of aliphatic carboxylic acids is 1. The van der Waals surface area contributed by atoms with Crippen molar-refractivity contribution in [3.8, 4) is 0 Å². The van der Waals surface area contributed by atoms with Crippen molar-refractivity contribution in [2.24, 2.45) is 11.8 Å². The van der Waals surface area contributed by atoms with Crippen LogP contribution in [0.3, 0.4) is 0 Å². The van der Waals surface area contributed by atoms with Crippen molar-refractivity contribution in [3.63, 3.8) is 0 Å². The number of ether oxygens (including phenoxy) is 1. The van der Waals surface area contributed by atoms with Gasteiger partial charge in [0.2, 0.25) is 0 Å². The van der Waals surface area contributed by atoms with Gasteiger partial charge in [0, 0.05) is 12.8 Å². The molecular weight excluding hydrogens is 244 g/mol. The smallest absolute Gasteiger partial charge is 0.303 e. The number of unbranched alkanes of at least 4 members (excludes halogenated alkanes) is 3. The Labute approximate surface area is 114 Å². The molecule has 2 saturated heterocycles. The molecule has 0 aliphatic carbocycles. The second-order valence-corrected chi connectivity index (χ2v) is 5.87. The third-order valence-electron chi connectivity index (χ3n) is 4.64. The van der Waals surface area contributed by atoms with Crippen molar-refractivity contribution in [2.75, 3.05) is 0 Å². The molecule has 0 aromatic heterocycles. The van der Waals surface area contributed by atoms with Crippen LogP contribution < -0.4 is 0 Å². The van der Waals surface area contributed by atoms with Crippen molar-refractivity contribution >= 4 is 12.3 Å². The molecule has 2 bridgehead atoms. The first-order valence-electron chi connectivity index (χ1n) is 7.53. The molecule has 2 aliphatic rings. The molecule has 2 heterocycles. The fourth-order valence-corrected chi connectivity index (χ4v) is 3.72. The normalized spacial score (nSPS) is 32.6. The van der Waals surface area contributed by atoms with Crippen LogP contribution in [0.1, 0.15) is 57.8 Å². The average molecular weight is 268 g/mol. The standard InChI is InChI=1S/C15H24O4/c16-10-9-12-11(13-7-8-14(12)19-13)5-3-1-2-4-6-15(17)18/h10-14H,1-9H2,(H,17,18)/t11-,12-,13+,14-/m0/s1. The van der Waals surface area contributed by atoms with Gasteiger partial charge in [0.15, 0.2) is 0 Å². The Morgan fingerprint density at radius 2 is 1.79 bits per heavy atom. The van der Waals surface area contributed by atoms with Crippen LogP contribution in [0.4, 0.5) is 0 Å². The van der Waals surface area contributed by atoms with E-state index in [-0.39, 0.29) is 6.42 Å².